The minimum atomic E-state index is -0.364. The third-order valence-electron chi connectivity index (χ3n) is 3.45. The van der Waals surface area contributed by atoms with Gasteiger partial charge in [0, 0.05) is 29.1 Å². The van der Waals surface area contributed by atoms with E-state index in [4.69, 9.17) is 16.3 Å². The van der Waals surface area contributed by atoms with Gasteiger partial charge < -0.3 is 10.1 Å². The van der Waals surface area contributed by atoms with E-state index in [2.05, 4.69) is 28.7 Å². The quantitative estimate of drug-likeness (QED) is 0.395. The van der Waals surface area contributed by atoms with E-state index in [1.54, 1.807) is 12.3 Å². The SMILES string of the molecule is C=N/C=C(/CC(=C)/C=C/Cl)SCNC(=O)c1ccc(=O)n(C2COC2)n1. The first kappa shape index (κ1) is 20.2. The van der Waals surface area contributed by atoms with E-state index in [1.807, 2.05) is 0 Å². The summed E-state index contributed by atoms with van der Waals surface area (Å²) in [5, 5.41) is 6.88. The Morgan fingerprint density at radius 2 is 2.31 bits per heavy atom. The summed E-state index contributed by atoms with van der Waals surface area (Å²) >= 11 is 6.93. The van der Waals surface area contributed by atoms with Crippen molar-refractivity contribution in [2.75, 3.05) is 19.1 Å². The average molecular weight is 395 g/mol. The van der Waals surface area contributed by atoms with E-state index in [1.165, 1.54) is 34.1 Å². The number of hydrogen-bond donors (Lipinski definition) is 1. The molecule has 1 N–H and O–H groups in total. The van der Waals surface area contributed by atoms with Gasteiger partial charge in [0.15, 0.2) is 0 Å². The van der Waals surface area contributed by atoms with E-state index in [9.17, 15) is 9.59 Å². The Bertz CT molecular complexity index is 799. The van der Waals surface area contributed by atoms with Crippen molar-refractivity contribution in [2.24, 2.45) is 4.99 Å². The van der Waals surface area contributed by atoms with E-state index in [-0.39, 0.29) is 23.2 Å². The zero-order valence-electron chi connectivity index (χ0n) is 14.1. The maximum atomic E-state index is 12.3. The van der Waals surface area contributed by atoms with Gasteiger partial charge in [-0.2, -0.15) is 5.10 Å². The van der Waals surface area contributed by atoms with Gasteiger partial charge in [-0.05, 0) is 24.4 Å². The smallest absolute Gasteiger partial charge is 0.272 e. The molecule has 9 heteroatoms. The van der Waals surface area contributed by atoms with Crippen LogP contribution >= 0.6 is 23.4 Å². The molecule has 0 spiro atoms. The maximum absolute atomic E-state index is 12.3. The second-order valence-corrected chi connectivity index (χ2v) is 6.75. The number of thioether (sulfide) groups is 1. The number of amides is 1. The predicted octanol–water partition coefficient (Wildman–Crippen LogP) is 2.48. The van der Waals surface area contributed by atoms with E-state index < -0.39 is 0 Å². The van der Waals surface area contributed by atoms with Gasteiger partial charge in [0.25, 0.3) is 11.5 Å². The van der Waals surface area contributed by atoms with Gasteiger partial charge >= 0.3 is 0 Å². The molecule has 1 amide bonds. The van der Waals surface area contributed by atoms with E-state index in [0.717, 1.165) is 10.5 Å². The molecule has 1 aromatic rings. The minimum Gasteiger partial charge on any atom is -0.377 e. The third kappa shape index (κ3) is 5.69. The number of ether oxygens (including phenoxy) is 1. The molecule has 0 saturated carbocycles. The largest absolute Gasteiger partial charge is 0.377 e. The number of nitrogens with zero attached hydrogens (tertiary/aromatic N) is 3. The number of carbonyl (C=O) groups is 1. The van der Waals surface area contributed by atoms with Crippen LogP contribution in [0.15, 0.2) is 56.8 Å². The molecule has 26 heavy (non-hydrogen) atoms. The minimum absolute atomic E-state index is 0.112. The predicted molar refractivity (Wildman–Crippen MR) is 105 cm³/mol. The lowest BCUT2D eigenvalue weighted by Crippen LogP contribution is -2.40. The first-order valence-corrected chi connectivity index (χ1v) is 9.15. The Balaban J connectivity index is 1.93. The van der Waals surface area contributed by atoms with E-state index in [0.29, 0.717) is 25.5 Å². The molecular weight excluding hydrogens is 376 g/mol. The molecule has 0 atom stereocenters. The number of halogens is 1. The van der Waals surface area contributed by atoms with Crippen LogP contribution in [0, 0.1) is 0 Å². The first-order valence-electron chi connectivity index (χ1n) is 7.73. The van der Waals surface area contributed by atoms with Crippen LogP contribution in [0.5, 0.6) is 0 Å². The summed E-state index contributed by atoms with van der Waals surface area (Å²) in [5.41, 5.74) is 2.13. The number of hydrogen-bond acceptors (Lipinski definition) is 6. The van der Waals surface area contributed by atoms with Crippen LogP contribution in [0.4, 0.5) is 0 Å². The molecule has 0 bridgehead atoms. The summed E-state index contributed by atoms with van der Waals surface area (Å²) in [6, 6.07) is 2.63. The lowest BCUT2D eigenvalue weighted by atomic mass is 10.2. The van der Waals surface area contributed by atoms with Crippen molar-refractivity contribution in [2.45, 2.75) is 12.5 Å². The Morgan fingerprint density at radius 1 is 1.54 bits per heavy atom. The lowest BCUT2D eigenvalue weighted by Gasteiger charge is -2.26. The fourth-order valence-electron chi connectivity index (χ4n) is 2.06. The van der Waals surface area contributed by atoms with Crippen molar-refractivity contribution in [1.29, 1.82) is 0 Å². The number of aromatic nitrogens is 2. The highest BCUT2D eigenvalue weighted by atomic mass is 35.5. The van der Waals surface area contributed by atoms with Crippen LogP contribution in [0.25, 0.3) is 0 Å². The summed E-state index contributed by atoms with van der Waals surface area (Å²) in [7, 11) is 0. The van der Waals surface area contributed by atoms with Gasteiger partial charge in [-0.3, -0.25) is 14.6 Å². The van der Waals surface area contributed by atoms with Crippen molar-refractivity contribution in [1.82, 2.24) is 15.1 Å². The van der Waals surface area contributed by atoms with Gasteiger partial charge in [-0.25, -0.2) is 4.68 Å². The molecule has 1 aliphatic rings. The monoisotopic (exact) mass is 394 g/mol. The molecule has 1 aliphatic heterocycles. The van der Waals surface area contributed by atoms with Crippen LogP contribution in [-0.4, -0.2) is 41.5 Å². The van der Waals surface area contributed by atoms with Gasteiger partial charge in [-0.1, -0.05) is 18.2 Å². The first-order chi connectivity index (χ1) is 12.5. The molecule has 1 saturated heterocycles. The highest BCUT2D eigenvalue weighted by Crippen LogP contribution is 2.23. The van der Waals surface area contributed by atoms with Gasteiger partial charge in [0.1, 0.15) is 11.7 Å². The zero-order valence-corrected chi connectivity index (χ0v) is 15.6. The van der Waals surface area contributed by atoms with Crippen LogP contribution in [0.3, 0.4) is 0 Å². The Hall–Kier alpha value is -2.16. The third-order valence-corrected chi connectivity index (χ3v) is 4.48. The zero-order chi connectivity index (χ0) is 18.9. The van der Waals surface area contributed by atoms with Crippen molar-refractivity contribution in [3.8, 4) is 0 Å². The van der Waals surface area contributed by atoms with Crippen molar-refractivity contribution in [3.63, 3.8) is 0 Å². The van der Waals surface area contributed by atoms with Gasteiger partial charge in [0.05, 0.1) is 19.1 Å². The summed E-state index contributed by atoms with van der Waals surface area (Å²) in [5.74, 6) is -0.0531. The number of allylic oxidation sites excluding steroid dienone is 3. The molecule has 138 valence electrons. The van der Waals surface area contributed by atoms with E-state index >= 15 is 0 Å². The lowest BCUT2D eigenvalue weighted by molar-refractivity contribution is -0.0309. The fourth-order valence-corrected chi connectivity index (χ4v) is 3.07. The fraction of sp³-hybridized carbons (Fsp3) is 0.294. The van der Waals surface area contributed by atoms with Crippen LogP contribution < -0.4 is 10.9 Å². The molecule has 2 rings (SSSR count). The van der Waals surface area contributed by atoms with Crippen LogP contribution in [0.2, 0.25) is 0 Å². The number of rotatable bonds is 9. The number of nitrogens with one attached hydrogen (secondary N) is 1. The Labute approximate surface area is 160 Å². The standard InChI is InChI=1S/C17H19ClN4O3S/c1-12(5-6-18)7-14(8-19-2)26-11-20-17(24)15-3-4-16(23)22(21-15)13-9-25-10-13/h3-6,8,13H,1-2,7,9-11H2,(H,20,24)/b6-5+,14-8-. The Kier molecular flexibility index (Phi) is 7.83. The molecular formula is C17H19ClN4O3S. The second kappa shape index (κ2) is 10.1. The molecule has 1 fully saturated rings. The van der Waals surface area contributed by atoms with Crippen molar-refractivity contribution >= 4 is 36.0 Å². The number of aliphatic imine (C=N–C) groups is 1. The highest BCUT2D eigenvalue weighted by molar-refractivity contribution is 8.03. The molecule has 0 aromatic carbocycles. The number of carbonyl (C=O) groups excluding carboxylic acids is 1. The van der Waals surface area contributed by atoms with Crippen molar-refractivity contribution < 1.29 is 9.53 Å². The maximum Gasteiger partial charge on any atom is 0.272 e. The molecule has 0 radical (unpaired) electrons. The summed E-state index contributed by atoms with van der Waals surface area (Å²) < 4.78 is 6.36. The average Bonchev–Trinajstić information content (AvgIpc) is 2.55. The summed E-state index contributed by atoms with van der Waals surface area (Å²) in [6.45, 7) is 8.17. The van der Waals surface area contributed by atoms with Crippen LogP contribution in [-0.2, 0) is 4.74 Å². The molecule has 0 unspecified atom stereocenters. The summed E-state index contributed by atoms with van der Waals surface area (Å²) in [6.07, 6.45) is 3.85. The highest BCUT2D eigenvalue weighted by Gasteiger charge is 2.23. The topological polar surface area (TPSA) is 85.6 Å². The summed E-state index contributed by atoms with van der Waals surface area (Å²) in [4.78, 5) is 28.7. The van der Waals surface area contributed by atoms with Crippen LogP contribution in [0.1, 0.15) is 23.0 Å². The van der Waals surface area contributed by atoms with Gasteiger partial charge in [-0.15, -0.1) is 11.8 Å². The molecule has 2 heterocycles. The van der Waals surface area contributed by atoms with Crippen molar-refractivity contribution in [3.05, 3.63) is 63.0 Å². The van der Waals surface area contributed by atoms with Gasteiger partial charge in [0.2, 0.25) is 0 Å². The molecule has 0 aliphatic carbocycles. The second-order valence-electron chi connectivity index (χ2n) is 5.39. The molecule has 7 nitrogen and oxygen atoms in total. The normalized spacial score (nSPS) is 14.9. The molecule has 1 aromatic heterocycles. The Morgan fingerprint density at radius 3 is 2.92 bits per heavy atom.